The molecule has 0 unspecified atom stereocenters. The van der Waals surface area contributed by atoms with Crippen molar-refractivity contribution in [3.05, 3.63) is 179 Å². The molecule has 14 nitrogen and oxygen atoms in total. The fourth-order valence-corrected chi connectivity index (χ4v) is 9.68. The molecule has 0 saturated carbocycles. The second-order valence-corrected chi connectivity index (χ2v) is 20.2. The molecule has 1 aliphatic rings. The summed E-state index contributed by atoms with van der Waals surface area (Å²) in [5.74, 6) is 0.613. The van der Waals surface area contributed by atoms with Gasteiger partial charge in [0.25, 0.3) is 17.3 Å². The van der Waals surface area contributed by atoms with E-state index in [1.807, 2.05) is 137 Å². The van der Waals surface area contributed by atoms with Crippen LogP contribution in [0.15, 0.2) is 161 Å². The van der Waals surface area contributed by atoms with Crippen molar-refractivity contribution >= 4 is 79.7 Å². The van der Waals surface area contributed by atoms with E-state index in [4.69, 9.17) is 31.4 Å². The van der Waals surface area contributed by atoms with Crippen LogP contribution in [0.3, 0.4) is 0 Å². The van der Waals surface area contributed by atoms with Crippen molar-refractivity contribution in [3.63, 3.8) is 0 Å². The van der Waals surface area contributed by atoms with Crippen LogP contribution >= 0.6 is 0 Å². The minimum Gasteiger partial charge on any atom is -0.398 e. The normalized spacial score (nSPS) is 12.8. The zero-order valence-electron chi connectivity index (χ0n) is 45.3. The van der Waals surface area contributed by atoms with Crippen LogP contribution in [-0.2, 0) is 0 Å². The third-order valence-corrected chi connectivity index (χ3v) is 14.3. The number of benzene rings is 6. The Morgan fingerprint density at radius 1 is 0.603 bits per heavy atom. The Labute approximate surface area is 457 Å². The van der Waals surface area contributed by atoms with Gasteiger partial charge < -0.3 is 32.7 Å². The average molecular weight is 1040 g/mol. The third kappa shape index (κ3) is 13.8. The number of nitrogens with two attached hydrogens (primary N) is 3. The summed E-state index contributed by atoms with van der Waals surface area (Å²) >= 11 is 0. The van der Waals surface area contributed by atoms with E-state index in [2.05, 4.69) is 67.6 Å². The van der Waals surface area contributed by atoms with Crippen LogP contribution < -0.4 is 42.6 Å². The highest BCUT2D eigenvalue weighted by Crippen LogP contribution is 2.30. The number of quaternary nitrogens is 1. The average Bonchev–Trinajstić information content (AvgIpc) is 3.60. The molecule has 8 aromatic rings. The number of amides is 2. The van der Waals surface area contributed by atoms with E-state index in [0.29, 0.717) is 36.3 Å². The SMILES string of the molecule is CC1=NC(=Nc2cc(C)c(N)cc2[NH2+]c2ccccc2)CC=C1NCCCCCCNC(=O)c1ccc(-c2ccc(C(=O)NCCCCCCNc3cc4c(nc3C)nc3cc(C)c(N)cc3[n+]4-c3ccccc3)cc2)cc1. The van der Waals surface area contributed by atoms with Crippen molar-refractivity contribution in [3.8, 4) is 16.8 Å². The standard InChI is InChI=1S/C64H70N12O2/c1-42-37-56(57(39-52(42)65)73-50-19-11-9-12-20-50)74-61-32-31-54(44(3)71-61)67-33-15-5-7-17-35-69-63(77)48-27-23-46(24-28-48)47-25-29-49(30-26-47)64(78)70-36-18-8-6-16-34-68-55-41-60-62(72-45(55)4)75-58-38-43(2)53(66)40-59(58)76(60)51-21-13-10-14-22-51/h9-14,19-31,37-41,67,73H,5-8,15-18,32-36,65H2,1-4H3,(H4,66,68,69,70,77,78)/p+2. The van der Waals surface area contributed by atoms with Gasteiger partial charge in [0.1, 0.15) is 22.7 Å². The Balaban J connectivity index is 0.639. The van der Waals surface area contributed by atoms with Gasteiger partial charge in [0.15, 0.2) is 5.69 Å². The highest BCUT2D eigenvalue weighted by Gasteiger charge is 2.23. The third-order valence-electron chi connectivity index (χ3n) is 14.3. The van der Waals surface area contributed by atoms with E-state index in [1.165, 1.54) is 0 Å². The monoisotopic (exact) mass is 1040 g/mol. The molecule has 2 amide bonds. The zero-order valence-corrected chi connectivity index (χ0v) is 45.3. The lowest BCUT2D eigenvalue weighted by atomic mass is 10.0. The number of nitrogens with one attached hydrogen (secondary N) is 4. The highest BCUT2D eigenvalue weighted by molar-refractivity contribution is 6.09. The number of rotatable bonds is 23. The Hall–Kier alpha value is -8.75. The molecule has 0 saturated heterocycles. The van der Waals surface area contributed by atoms with Crippen LogP contribution in [-0.4, -0.2) is 59.5 Å². The summed E-state index contributed by atoms with van der Waals surface area (Å²) in [7, 11) is 0. The van der Waals surface area contributed by atoms with E-state index in [0.717, 1.165) is 166 Å². The molecule has 0 atom stereocenters. The Morgan fingerprint density at radius 3 is 1.78 bits per heavy atom. The number of fused-ring (bicyclic) bond motifs is 2. The molecule has 78 heavy (non-hydrogen) atoms. The molecule has 2 aromatic heterocycles. The number of aryl methyl sites for hydroxylation is 3. The van der Waals surface area contributed by atoms with Crippen molar-refractivity contribution < 1.29 is 19.5 Å². The predicted octanol–water partition coefficient (Wildman–Crippen LogP) is 11.1. The first-order valence-electron chi connectivity index (χ1n) is 27.3. The number of para-hydroxylation sites is 2. The lowest BCUT2D eigenvalue weighted by Gasteiger charge is -2.16. The van der Waals surface area contributed by atoms with Gasteiger partial charge in [-0.1, -0.05) is 92.4 Å². The first-order valence-corrected chi connectivity index (χ1v) is 27.3. The van der Waals surface area contributed by atoms with Gasteiger partial charge in [0, 0.05) is 85.4 Å². The van der Waals surface area contributed by atoms with Crippen molar-refractivity contribution in [2.45, 2.75) is 85.5 Å². The summed E-state index contributed by atoms with van der Waals surface area (Å²) < 4.78 is 2.19. The molecule has 9 rings (SSSR count). The Morgan fingerprint density at radius 2 is 1.17 bits per heavy atom. The van der Waals surface area contributed by atoms with Crippen molar-refractivity contribution in [2.75, 3.05) is 43.0 Å². The largest absolute Gasteiger partial charge is 0.398 e. The minimum absolute atomic E-state index is 0.0783. The molecule has 0 fully saturated rings. The van der Waals surface area contributed by atoms with E-state index in [-0.39, 0.29) is 11.8 Å². The molecule has 6 aromatic carbocycles. The summed E-state index contributed by atoms with van der Waals surface area (Å²) in [5.41, 5.74) is 30.5. The van der Waals surface area contributed by atoms with Crippen molar-refractivity contribution in [1.29, 1.82) is 0 Å². The van der Waals surface area contributed by atoms with Crippen LogP contribution in [0.25, 0.3) is 39.0 Å². The van der Waals surface area contributed by atoms with Crippen LogP contribution in [0.4, 0.5) is 34.1 Å². The van der Waals surface area contributed by atoms with Gasteiger partial charge in [-0.25, -0.2) is 20.0 Å². The maximum atomic E-state index is 13.0. The first-order chi connectivity index (χ1) is 38.0. The number of hydrogen-bond acceptors (Lipinski definition) is 9. The molecule has 398 valence electrons. The number of dihydropyridines is 1. The maximum absolute atomic E-state index is 13.0. The van der Waals surface area contributed by atoms with Crippen LogP contribution in [0.1, 0.15) is 102 Å². The molecule has 0 aliphatic carbocycles. The lowest BCUT2D eigenvalue weighted by molar-refractivity contribution is -0.538. The molecule has 0 radical (unpaired) electrons. The number of anilines is 3. The van der Waals surface area contributed by atoms with E-state index >= 15 is 0 Å². The number of aromatic nitrogens is 3. The van der Waals surface area contributed by atoms with Gasteiger partial charge >= 0.3 is 0 Å². The summed E-state index contributed by atoms with van der Waals surface area (Å²) in [6.45, 7) is 10.9. The molecular formula is C64H72N12O2+2. The maximum Gasteiger partial charge on any atom is 0.258 e. The number of carbonyl (C=O) groups is 2. The zero-order chi connectivity index (χ0) is 54.4. The second-order valence-electron chi connectivity index (χ2n) is 20.2. The van der Waals surface area contributed by atoms with Gasteiger partial charge in [-0.05, 0) is 124 Å². The van der Waals surface area contributed by atoms with E-state index in [1.54, 1.807) is 0 Å². The fourth-order valence-electron chi connectivity index (χ4n) is 9.68. The molecule has 10 N–H and O–H groups in total. The van der Waals surface area contributed by atoms with Crippen molar-refractivity contribution in [1.82, 2.24) is 25.9 Å². The molecule has 1 aliphatic heterocycles. The number of carbonyl (C=O) groups excluding carboxylic acids is 2. The second kappa shape index (κ2) is 25.9. The number of aliphatic imine (C=N–C) groups is 2. The quantitative estimate of drug-likeness (QED) is 0.0142. The van der Waals surface area contributed by atoms with E-state index < -0.39 is 0 Å². The molecular weight excluding hydrogens is 969 g/mol. The van der Waals surface area contributed by atoms with Gasteiger partial charge in [-0.2, -0.15) is 0 Å². The van der Waals surface area contributed by atoms with Crippen LogP contribution in [0.5, 0.6) is 0 Å². The number of unbranched alkanes of at least 4 members (excludes halogenated alkanes) is 6. The summed E-state index contributed by atoms with van der Waals surface area (Å²) in [6, 6.07) is 45.8. The highest BCUT2D eigenvalue weighted by atomic mass is 16.2. The molecule has 0 bridgehead atoms. The summed E-state index contributed by atoms with van der Waals surface area (Å²) in [5, 5.41) is 15.4. The van der Waals surface area contributed by atoms with Crippen LogP contribution in [0.2, 0.25) is 0 Å². The number of nitrogen functional groups attached to an aromatic ring is 2. The number of pyridine rings is 1. The van der Waals surface area contributed by atoms with Gasteiger partial charge in [-0.15, -0.1) is 4.57 Å². The lowest BCUT2D eigenvalue weighted by Crippen LogP contribution is -2.71. The Kier molecular flexibility index (Phi) is 17.9. The number of allylic oxidation sites excluding steroid dienone is 1. The molecule has 14 heteroatoms. The number of amidine groups is 1. The Bertz CT molecular complexity index is 3500. The number of hydrogen-bond donors (Lipinski definition) is 7. The predicted molar refractivity (Wildman–Crippen MR) is 319 cm³/mol. The first kappa shape index (κ1) is 54.1. The van der Waals surface area contributed by atoms with E-state index in [9.17, 15) is 9.59 Å². The summed E-state index contributed by atoms with van der Waals surface area (Å²) in [4.78, 5) is 45.6. The number of nitrogens with zero attached hydrogens (tertiary/aromatic N) is 5. The topological polar surface area (TPSA) is 205 Å². The minimum atomic E-state index is -0.0828. The van der Waals surface area contributed by atoms with Crippen molar-refractivity contribution in [2.24, 2.45) is 9.98 Å². The van der Waals surface area contributed by atoms with Gasteiger partial charge in [-0.3, -0.25) is 14.9 Å². The molecule has 3 heterocycles. The van der Waals surface area contributed by atoms with Gasteiger partial charge in [0.05, 0.1) is 22.8 Å². The summed E-state index contributed by atoms with van der Waals surface area (Å²) in [6.07, 6.45) is 10.8. The smallest absolute Gasteiger partial charge is 0.258 e. The molecule has 0 spiro atoms. The van der Waals surface area contributed by atoms with Crippen LogP contribution in [0, 0.1) is 20.8 Å². The fraction of sp³-hybridized carbons (Fsp3) is 0.266. The van der Waals surface area contributed by atoms with Gasteiger partial charge in [0.2, 0.25) is 16.9 Å².